The third kappa shape index (κ3) is 6.89. The lowest BCUT2D eigenvalue weighted by molar-refractivity contribution is -0.142. The molecular weight excluding hydrogens is 348 g/mol. The van der Waals surface area contributed by atoms with Crippen LogP contribution in [-0.4, -0.2) is 61.3 Å². The van der Waals surface area contributed by atoms with Crippen LogP contribution in [0.3, 0.4) is 0 Å². The highest BCUT2D eigenvalue weighted by Gasteiger charge is 2.31. The van der Waals surface area contributed by atoms with Crippen LogP contribution in [0.25, 0.3) is 0 Å². The van der Waals surface area contributed by atoms with Crippen LogP contribution in [0.1, 0.15) is 18.4 Å². The van der Waals surface area contributed by atoms with E-state index in [1.165, 1.54) is 0 Å². The number of rotatable bonds is 9. The summed E-state index contributed by atoms with van der Waals surface area (Å²) in [6.45, 7) is 2.20. The molecule has 140 valence electrons. The first-order valence-corrected chi connectivity index (χ1v) is 8.04. The summed E-state index contributed by atoms with van der Waals surface area (Å²) in [6.07, 6.45) is 1.42. The number of carbonyl (C=O) groups excluding carboxylic acids is 1. The molecule has 0 bridgehead atoms. The van der Waals surface area contributed by atoms with Crippen LogP contribution in [0.4, 0.5) is 0 Å². The van der Waals surface area contributed by atoms with Crippen molar-refractivity contribution < 1.29 is 24.2 Å². The first-order chi connectivity index (χ1) is 11.6. The Morgan fingerprint density at radius 3 is 2.64 bits per heavy atom. The number of carboxylic acids is 1. The number of likely N-dealkylation sites (tertiary alicyclic amines) is 1. The molecular formula is C17H25ClN2O5. The van der Waals surface area contributed by atoms with Gasteiger partial charge in [-0.2, -0.15) is 0 Å². The summed E-state index contributed by atoms with van der Waals surface area (Å²) in [4.78, 5) is 24.8. The van der Waals surface area contributed by atoms with Gasteiger partial charge < -0.3 is 19.9 Å². The molecule has 1 heterocycles. The van der Waals surface area contributed by atoms with Gasteiger partial charge in [-0.15, -0.1) is 12.4 Å². The Morgan fingerprint density at radius 1 is 1.28 bits per heavy atom. The number of nitrogens with zero attached hydrogens (tertiary/aromatic N) is 1. The number of ether oxygens (including phenoxy) is 2. The second-order valence-corrected chi connectivity index (χ2v) is 5.73. The molecule has 1 aliphatic heterocycles. The van der Waals surface area contributed by atoms with Crippen LogP contribution in [-0.2, 0) is 20.9 Å². The Bertz CT molecular complexity index is 552. The van der Waals surface area contributed by atoms with Gasteiger partial charge in [0.2, 0.25) is 5.91 Å². The molecule has 1 aromatic carbocycles. The molecule has 7 nitrogen and oxygen atoms in total. The molecule has 0 aromatic heterocycles. The maximum absolute atomic E-state index is 12.0. The minimum absolute atomic E-state index is 0. The second kappa shape index (κ2) is 10.9. The summed E-state index contributed by atoms with van der Waals surface area (Å²) in [5.74, 6) is -0.267. The van der Waals surface area contributed by atoms with Crippen LogP contribution in [0.2, 0.25) is 0 Å². The SMILES string of the molecule is COCCOc1ccc(CNC(=O)CN2CCCC2C(=O)O)cc1.Cl. The average Bonchev–Trinajstić information content (AvgIpc) is 3.03. The lowest BCUT2D eigenvalue weighted by Crippen LogP contribution is -2.42. The van der Waals surface area contributed by atoms with Crippen molar-refractivity contribution in [3.8, 4) is 5.75 Å². The Labute approximate surface area is 153 Å². The Balaban J connectivity index is 0.00000312. The van der Waals surface area contributed by atoms with Crippen molar-refractivity contribution in [1.29, 1.82) is 0 Å². The molecule has 1 atom stereocenters. The van der Waals surface area contributed by atoms with Gasteiger partial charge in [-0.1, -0.05) is 12.1 Å². The van der Waals surface area contributed by atoms with Crippen molar-refractivity contribution >= 4 is 24.3 Å². The predicted molar refractivity (Wildman–Crippen MR) is 95.1 cm³/mol. The minimum Gasteiger partial charge on any atom is -0.491 e. The fourth-order valence-electron chi connectivity index (χ4n) is 2.68. The number of methoxy groups -OCH3 is 1. The lowest BCUT2D eigenvalue weighted by atomic mass is 10.2. The normalized spacial score (nSPS) is 16.9. The molecule has 1 aromatic rings. The topological polar surface area (TPSA) is 88.1 Å². The van der Waals surface area contributed by atoms with Crippen molar-refractivity contribution in [1.82, 2.24) is 10.2 Å². The number of aliphatic carboxylic acids is 1. The number of carboxylic acid groups (broad SMARTS) is 1. The average molecular weight is 373 g/mol. The van der Waals surface area contributed by atoms with Crippen molar-refractivity contribution in [3.63, 3.8) is 0 Å². The zero-order valence-corrected chi connectivity index (χ0v) is 15.1. The number of benzene rings is 1. The Hall–Kier alpha value is -1.83. The van der Waals surface area contributed by atoms with E-state index in [-0.39, 0.29) is 24.9 Å². The largest absolute Gasteiger partial charge is 0.491 e. The van der Waals surface area contributed by atoms with Gasteiger partial charge in [-0.05, 0) is 37.1 Å². The van der Waals surface area contributed by atoms with Crippen LogP contribution in [0.15, 0.2) is 24.3 Å². The van der Waals surface area contributed by atoms with E-state index in [9.17, 15) is 9.59 Å². The van der Waals surface area contributed by atoms with Gasteiger partial charge in [0.1, 0.15) is 18.4 Å². The van der Waals surface area contributed by atoms with Crippen LogP contribution < -0.4 is 10.1 Å². The molecule has 0 aliphatic carbocycles. The third-order valence-corrected chi connectivity index (χ3v) is 3.96. The molecule has 0 spiro atoms. The molecule has 0 radical (unpaired) electrons. The van der Waals surface area contributed by atoms with E-state index >= 15 is 0 Å². The van der Waals surface area contributed by atoms with Gasteiger partial charge in [0, 0.05) is 13.7 Å². The van der Waals surface area contributed by atoms with E-state index in [1.54, 1.807) is 12.0 Å². The van der Waals surface area contributed by atoms with E-state index in [1.807, 2.05) is 24.3 Å². The second-order valence-electron chi connectivity index (χ2n) is 5.73. The Kier molecular flexibility index (Phi) is 9.26. The first kappa shape index (κ1) is 21.2. The molecule has 1 fully saturated rings. The maximum Gasteiger partial charge on any atom is 0.320 e. The highest BCUT2D eigenvalue weighted by atomic mass is 35.5. The molecule has 1 unspecified atom stereocenters. The Morgan fingerprint density at radius 2 is 2.00 bits per heavy atom. The number of carbonyl (C=O) groups is 2. The van der Waals surface area contributed by atoms with E-state index in [4.69, 9.17) is 14.6 Å². The molecule has 1 amide bonds. The van der Waals surface area contributed by atoms with Gasteiger partial charge in [-0.3, -0.25) is 14.5 Å². The van der Waals surface area contributed by atoms with E-state index in [0.29, 0.717) is 32.7 Å². The fraction of sp³-hybridized carbons (Fsp3) is 0.529. The molecule has 2 rings (SSSR count). The number of nitrogens with one attached hydrogen (secondary N) is 1. The van der Waals surface area contributed by atoms with Crippen LogP contribution in [0, 0.1) is 0 Å². The van der Waals surface area contributed by atoms with E-state index < -0.39 is 12.0 Å². The van der Waals surface area contributed by atoms with Crippen molar-refractivity contribution in [3.05, 3.63) is 29.8 Å². The summed E-state index contributed by atoms with van der Waals surface area (Å²) >= 11 is 0. The smallest absolute Gasteiger partial charge is 0.320 e. The zero-order valence-electron chi connectivity index (χ0n) is 14.3. The van der Waals surface area contributed by atoms with E-state index in [0.717, 1.165) is 17.7 Å². The van der Waals surface area contributed by atoms with E-state index in [2.05, 4.69) is 5.32 Å². The van der Waals surface area contributed by atoms with Crippen LogP contribution >= 0.6 is 12.4 Å². The summed E-state index contributed by atoms with van der Waals surface area (Å²) in [6, 6.07) is 6.92. The van der Waals surface area contributed by atoms with Crippen molar-refractivity contribution in [2.24, 2.45) is 0 Å². The highest BCUT2D eigenvalue weighted by molar-refractivity contribution is 5.85. The highest BCUT2D eigenvalue weighted by Crippen LogP contribution is 2.16. The minimum atomic E-state index is -0.857. The number of amides is 1. The van der Waals surface area contributed by atoms with Gasteiger partial charge in [-0.25, -0.2) is 0 Å². The van der Waals surface area contributed by atoms with Crippen molar-refractivity contribution in [2.45, 2.75) is 25.4 Å². The molecule has 25 heavy (non-hydrogen) atoms. The number of hydrogen-bond acceptors (Lipinski definition) is 5. The quantitative estimate of drug-likeness (QED) is 0.635. The fourth-order valence-corrected chi connectivity index (χ4v) is 2.68. The van der Waals surface area contributed by atoms with Crippen molar-refractivity contribution in [2.75, 3.05) is 33.4 Å². The third-order valence-electron chi connectivity index (χ3n) is 3.96. The summed E-state index contributed by atoms with van der Waals surface area (Å²) in [5, 5.41) is 11.9. The standard InChI is InChI=1S/C17H24N2O5.ClH/c1-23-9-10-24-14-6-4-13(5-7-14)11-18-16(20)12-19-8-2-3-15(19)17(21)22;/h4-7,15H,2-3,8-12H2,1H3,(H,18,20)(H,21,22);1H. The number of halogens is 1. The zero-order chi connectivity index (χ0) is 17.4. The summed E-state index contributed by atoms with van der Waals surface area (Å²) < 4.78 is 10.4. The molecule has 2 N–H and O–H groups in total. The monoisotopic (exact) mass is 372 g/mol. The molecule has 1 saturated heterocycles. The number of hydrogen-bond donors (Lipinski definition) is 2. The summed E-state index contributed by atoms with van der Waals surface area (Å²) in [7, 11) is 1.62. The summed E-state index contributed by atoms with van der Waals surface area (Å²) in [5.41, 5.74) is 0.957. The predicted octanol–water partition coefficient (Wildman–Crippen LogP) is 1.30. The lowest BCUT2D eigenvalue weighted by Gasteiger charge is -2.20. The van der Waals surface area contributed by atoms with Gasteiger partial charge in [0.25, 0.3) is 0 Å². The molecule has 8 heteroatoms. The first-order valence-electron chi connectivity index (χ1n) is 8.04. The van der Waals surface area contributed by atoms with Gasteiger partial charge >= 0.3 is 5.97 Å². The van der Waals surface area contributed by atoms with Gasteiger partial charge in [0.05, 0.1) is 13.2 Å². The molecule has 1 aliphatic rings. The maximum atomic E-state index is 12.0. The van der Waals surface area contributed by atoms with Gasteiger partial charge in [0.15, 0.2) is 0 Å². The van der Waals surface area contributed by atoms with Crippen LogP contribution in [0.5, 0.6) is 5.75 Å². The molecule has 0 saturated carbocycles.